The number of hydrogen-bond acceptors (Lipinski definition) is 10. The number of nitrogens with zero attached hydrogens (tertiary/aromatic N) is 3. The Hall–Kier alpha value is -3.41. The molecule has 0 bridgehead atoms. The number of Topliss-reactive ketones (excluding diaryl/α,β-unsaturated/α-hetero) is 2. The molecule has 0 saturated carbocycles. The lowest BCUT2D eigenvalue weighted by Gasteiger charge is -2.54. The molecular weight excluding hydrogens is 480 g/mol. The molecule has 6 N–H and O–H groups in total. The highest BCUT2D eigenvalue weighted by Gasteiger charge is 2.66. The monoisotopic (exact) mass is 514 g/mol. The maximum absolute atomic E-state index is 13.9. The number of carbonyl (C=O) groups is 3. The van der Waals surface area contributed by atoms with E-state index >= 15 is 0 Å². The molecule has 3 aliphatic carbocycles. The third-order valence-electron chi connectivity index (χ3n) is 7.92. The maximum Gasteiger partial charge on any atom is 0.255 e. The molecule has 0 aromatic heterocycles. The van der Waals surface area contributed by atoms with Crippen molar-refractivity contribution in [3.05, 3.63) is 45.9 Å². The van der Waals surface area contributed by atoms with E-state index in [1.165, 1.54) is 6.07 Å². The van der Waals surface area contributed by atoms with Gasteiger partial charge in [-0.05, 0) is 64.1 Å². The number of hydrogen-bond donors (Lipinski definition) is 5. The van der Waals surface area contributed by atoms with Gasteiger partial charge in [-0.15, -0.1) is 0 Å². The molecule has 0 unspecified atom stereocenters. The second-order valence-electron chi connectivity index (χ2n) is 10.8. The van der Waals surface area contributed by atoms with E-state index in [9.17, 15) is 34.8 Å². The lowest BCUT2D eigenvalue weighted by Crippen LogP contribution is -2.67. The molecule has 200 valence electrons. The lowest BCUT2D eigenvalue weighted by molar-refractivity contribution is -0.154. The molecule has 0 saturated heterocycles. The number of phenolic OH excluding ortho intramolecular Hbond substituents is 1. The number of anilines is 1. The number of phenols is 1. The Labute approximate surface area is 215 Å². The number of allylic oxidation sites excluding steroid dienone is 1. The molecule has 0 radical (unpaired) electrons. The molecule has 5 atom stereocenters. The van der Waals surface area contributed by atoms with E-state index < -0.39 is 64.0 Å². The van der Waals surface area contributed by atoms with Gasteiger partial charge in [0, 0.05) is 37.8 Å². The van der Waals surface area contributed by atoms with Crippen LogP contribution in [0, 0.1) is 17.8 Å². The van der Waals surface area contributed by atoms with Gasteiger partial charge in [0.2, 0.25) is 5.78 Å². The first-order valence-electron chi connectivity index (χ1n) is 12.0. The molecule has 1 aromatic rings. The Morgan fingerprint density at radius 3 is 2.22 bits per heavy atom. The van der Waals surface area contributed by atoms with Gasteiger partial charge in [0.1, 0.15) is 22.8 Å². The van der Waals surface area contributed by atoms with Crippen molar-refractivity contribution in [3.63, 3.8) is 0 Å². The summed E-state index contributed by atoms with van der Waals surface area (Å²) in [6.07, 6.45) is 0.231. The third-order valence-corrected chi connectivity index (χ3v) is 7.92. The molecule has 1 amide bonds. The van der Waals surface area contributed by atoms with Gasteiger partial charge < -0.3 is 36.0 Å². The standard InChI is InChI=1S/C26H34N4O7/c1-28(2)10-13-11-9-12-14(29(3)4)7-8-15(31)16(12)21(32)17(11)23(34)26(37)19(13)20(30(5)6)22(33)18(24(26)35)25(27)36/h7-8,11,13,19-20,31,33-34,37H,9-10H2,1-6H3,(H2,27,36)/t11-,13+,19-,20-,26-/m0/s1. The fourth-order valence-corrected chi connectivity index (χ4v) is 6.51. The van der Waals surface area contributed by atoms with Crippen molar-refractivity contribution >= 4 is 23.2 Å². The van der Waals surface area contributed by atoms with Gasteiger partial charge >= 0.3 is 0 Å². The number of primary amides is 1. The zero-order valence-corrected chi connectivity index (χ0v) is 21.8. The van der Waals surface area contributed by atoms with Crippen molar-refractivity contribution in [2.45, 2.75) is 18.1 Å². The summed E-state index contributed by atoms with van der Waals surface area (Å²) in [5, 5.41) is 45.3. The number of nitrogens with two attached hydrogens (primary N) is 1. The minimum Gasteiger partial charge on any atom is -0.510 e. The maximum atomic E-state index is 13.9. The Bertz CT molecular complexity index is 1270. The number of aliphatic hydroxyl groups is 3. The highest BCUT2D eigenvalue weighted by atomic mass is 16.3. The number of likely N-dealkylation sites (N-methyl/N-ethyl adjacent to an activating group) is 1. The predicted molar refractivity (Wildman–Crippen MR) is 135 cm³/mol. The van der Waals surface area contributed by atoms with Crippen LogP contribution in [0.2, 0.25) is 0 Å². The summed E-state index contributed by atoms with van der Waals surface area (Å²) in [6.45, 7) is 0.282. The quantitative estimate of drug-likeness (QED) is 0.337. The molecule has 37 heavy (non-hydrogen) atoms. The fraction of sp³-hybridized carbons (Fsp3) is 0.500. The van der Waals surface area contributed by atoms with Crippen LogP contribution in [0.15, 0.2) is 34.8 Å². The van der Waals surface area contributed by atoms with E-state index in [4.69, 9.17) is 5.73 Å². The number of rotatable bonds is 5. The zero-order valence-electron chi connectivity index (χ0n) is 21.8. The third kappa shape index (κ3) is 3.64. The van der Waals surface area contributed by atoms with Crippen molar-refractivity contribution in [2.24, 2.45) is 23.5 Å². The molecule has 3 aliphatic rings. The lowest BCUT2D eigenvalue weighted by atomic mass is 9.53. The highest BCUT2D eigenvalue weighted by molar-refractivity contribution is 6.25. The highest BCUT2D eigenvalue weighted by Crippen LogP contribution is 2.55. The first-order chi connectivity index (χ1) is 17.2. The summed E-state index contributed by atoms with van der Waals surface area (Å²) in [5.74, 6) is -7.34. The van der Waals surface area contributed by atoms with Gasteiger partial charge in [-0.25, -0.2) is 0 Å². The number of aliphatic hydroxyl groups excluding tert-OH is 2. The van der Waals surface area contributed by atoms with Gasteiger partial charge in [-0.3, -0.25) is 19.3 Å². The van der Waals surface area contributed by atoms with E-state index in [0.717, 1.165) is 0 Å². The van der Waals surface area contributed by atoms with Crippen LogP contribution in [-0.4, -0.2) is 108 Å². The first-order valence-corrected chi connectivity index (χ1v) is 12.0. The number of aromatic hydroxyl groups is 1. The summed E-state index contributed by atoms with van der Waals surface area (Å²) < 4.78 is 0. The van der Waals surface area contributed by atoms with Crippen LogP contribution in [0.25, 0.3) is 0 Å². The van der Waals surface area contributed by atoms with Gasteiger partial charge in [0.05, 0.1) is 11.6 Å². The normalized spacial score (nSPS) is 29.4. The van der Waals surface area contributed by atoms with Gasteiger partial charge in [-0.1, -0.05) is 0 Å². The van der Waals surface area contributed by atoms with Crippen LogP contribution >= 0.6 is 0 Å². The second kappa shape index (κ2) is 8.86. The van der Waals surface area contributed by atoms with Crippen LogP contribution in [0.4, 0.5) is 5.69 Å². The number of ketones is 2. The van der Waals surface area contributed by atoms with Crippen molar-refractivity contribution in [1.29, 1.82) is 0 Å². The predicted octanol–water partition coefficient (Wildman–Crippen LogP) is -0.0257. The number of amides is 1. The first kappa shape index (κ1) is 26.6. The summed E-state index contributed by atoms with van der Waals surface area (Å²) >= 11 is 0. The smallest absolute Gasteiger partial charge is 0.255 e. The van der Waals surface area contributed by atoms with Crippen LogP contribution in [0.1, 0.15) is 15.9 Å². The molecule has 1 aromatic carbocycles. The Morgan fingerprint density at radius 2 is 1.70 bits per heavy atom. The molecule has 0 fully saturated rings. The largest absolute Gasteiger partial charge is 0.510 e. The number of benzene rings is 1. The molecule has 0 heterocycles. The van der Waals surface area contributed by atoms with E-state index in [1.54, 1.807) is 39.2 Å². The molecule has 0 aliphatic heterocycles. The molecular formula is C26H34N4O7. The van der Waals surface area contributed by atoms with Crippen LogP contribution < -0.4 is 10.6 Å². The van der Waals surface area contributed by atoms with Crippen molar-refractivity contribution in [1.82, 2.24) is 9.80 Å². The number of fused-ring (bicyclic) bond motifs is 3. The molecule has 0 spiro atoms. The molecule has 11 heteroatoms. The summed E-state index contributed by atoms with van der Waals surface area (Å²) in [6, 6.07) is 2.03. The number of carbonyl (C=O) groups excluding carboxylic acids is 3. The van der Waals surface area contributed by atoms with Gasteiger partial charge in [0.15, 0.2) is 11.4 Å². The van der Waals surface area contributed by atoms with Crippen LogP contribution in [0.5, 0.6) is 5.75 Å². The fourth-order valence-electron chi connectivity index (χ4n) is 6.51. The van der Waals surface area contributed by atoms with E-state index in [0.29, 0.717) is 11.3 Å². The average molecular weight is 515 g/mol. The van der Waals surface area contributed by atoms with E-state index in [1.807, 2.05) is 23.9 Å². The summed E-state index contributed by atoms with van der Waals surface area (Å²) in [7, 11) is 10.4. The zero-order chi connectivity index (χ0) is 27.7. The van der Waals surface area contributed by atoms with Crippen LogP contribution in [-0.2, 0) is 16.0 Å². The van der Waals surface area contributed by atoms with Crippen molar-refractivity contribution < 1.29 is 34.8 Å². The summed E-state index contributed by atoms with van der Waals surface area (Å²) in [4.78, 5) is 45.0. The minimum atomic E-state index is -2.69. The molecule has 11 nitrogen and oxygen atoms in total. The van der Waals surface area contributed by atoms with Crippen LogP contribution in [0.3, 0.4) is 0 Å². The van der Waals surface area contributed by atoms with E-state index in [-0.39, 0.29) is 29.9 Å². The summed E-state index contributed by atoms with van der Waals surface area (Å²) in [5.41, 5.74) is 3.03. The topological polar surface area (TPSA) is 168 Å². The Balaban J connectivity index is 2.08. The Morgan fingerprint density at radius 1 is 1.08 bits per heavy atom. The van der Waals surface area contributed by atoms with Gasteiger partial charge in [0.25, 0.3) is 5.91 Å². The second-order valence-corrected chi connectivity index (χ2v) is 10.8. The average Bonchev–Trinajstić information content (AvgIpc) is 2.77. The Kier molecular flexibility index (Phi) is 6.38. The SMILES string of the molecule is CN(C)C[C@H]1[C@H]2[C@H](N(C)C)C(O)=C(C(N)=O)C(=O)[C@@]2(O)C(O)=C2C(=O)c3c(O)ccc(N(C)C)c3C[C@H]21. The van der Waals surface area contributed by atoms with Crippen molar-refractivity contribution in [3.8, 4) is 5.75 Å². The minimum absolute atomic E-state index is 0.00409. The van der Waals surface area contributed by atoms with E-state index in [2.05, 4.69) is 0 Å². The molecule has 4 rings (SSSR count). The van der Waals surface area contributed by atoms with Gasteiger partial charge in [-0.2, -0.15) is 0 Å². The van der Waals surface area contributed by atoms with Crippen molar-refractivity contribution in [2.75, 3.05) is 53.7 Å².